The van der Waals surface area contributed by atoms with E-state index < -0.39 is 0 Å². The molecular weight excluding hydrogens is 260 g/mol. The van der Waals surface area contributed by atoms with Crippen molar-refractivity contribution in [2.24, 2.45) is 0 Å². The van der Waals surface area contributed by atoms with Crippen molar-refractivity contribution in [1.29, 1.82) is 10.5 Å². The Hall–Kier alpha value is -2.49. The van der Waals surface area contributed by atoms with Crippen LogP contribution >= 0.6 is 11.6 Å². The van der Waals surface area contributed by atoms with Crippen LogP contribution in [0.5, 0.6) is 0 Å². The molecule has 0 aliphatic heterocycles. The van der Waals surface area contributed by atoms with E-state index >= 15 is 0 Å². The van der Waals surface area contributed by atoms with Gasteiger partial charge in [-0.3, -0.25) is 0 Å². The maximum absolute atomic E-state index is 8.69. The highest BCUT2D eigenvalue weighted by atomic mass is 35.5. The van der Waals surface area contributed by atoms with Crippen molar-refractivity contribution in [1.82, 2.24) is 0 Å². The van der Waals surface area contributed by atoms with E-state index in [1.54, 1.807) is 24.3 Å². The SMILES string of the molecule is Cc1c(Cl)cccc1-c1ccc(C=C(C#N)C#N)o1. The zero-order valence-corrected chi connectivity index (χ0v) is 10.9. The van der Waals surface area contributed by atoms with Gasteiger partial charge >= 0.3 is 0 Å². The smallest absolute Gasteiger partial charge is 0.135 e. The van der Waals surface area contributed by atoms with Gasteiger partial charge in [0.05, 0.1) is 0 Å². The summed E-state index contributed by atoms with van der Waals surface area (Å²) in [5.41, 5.74) is 1.82. The average molecular weight is 269 g/mol. The fourth-order valence-electron chi connectivity index (χ4n) is 1.68. The van der Waals surface area contributed by atoms with Crippen molar-refractivity contribution in [3.05, 3.63) is 52.3 Å². The van der Waals surface area contributed by atoms with Gasteiger partial charge in [-0.1, -0.05) is 23.7 Å². The minimum atomic E-state index is 0.00344. The summed E-state index contributed by atoms with van der Waals surface area (Å²) in [6.45, 7) is 1.91. The summed E-state index contributed by atoms with van der Waals surface area (Å²) < 4.78 is 5.60. The number of benzene rings is 1. The number of hydrogen-bond acceptors (Lipinski definition) is 3. The largest absolute Gasteiger partial charge is 0.457 e. The van der Waals surface area contributed by atoms with Gasteiger partial charge in [0, 0.05) is 16.7 Å². The molecule has 1 aromatic carbocycles. The van der Waals surface area contributed by atoms with E-state index in [2.05, 4.69) is 0 Å². The number of nitrogens with zero attached hydrogens (tertiary/aromatic N) is 2. The van der Waals surface area contributed by atoms with E-state index in [4.69, 9.17) is 26.5 Å². The average Bonchev–Trinajstić information content (AvgIpc) is 2.87. The van der Waals surface area contributed by atoms with Crippen LogP contribution in [0.1, 0.15) is 11.3 Å². The van der Waals surface area contributed by atoms with Crippen LogP contribution < -0.4 is 0 Å². The van der Waals surface area contributed by atoms with Crippen molar-refractivity contribution in [3.8, 4) is 23.5 Å². The lowest BCUT2D eigenvalue weighted by molar-refractivity contribution is 0.571. The second-order valence-corrected chi connectivity index (χ2v) is 4.30. The molecule has 0 aliphatic rings. The van der Waals surface area contributed by atoms with Crippen molar-refractivity contribution in [2.75, 3.05) is 0 Å². The van der Waals surface area contributed by atoms with Gasteiger partial charge in [-0.05, 0) is 30.7 Å². The second kappa shape index (κ2) is 5.44. The van der Waals surface area contributed by atoms with Crippen LogP contribution in [0.2, 0.25) is 5.02 Å². The van der Waals surface area contributed by atoms with Crippen molar-refractivity contribution >= 4 is 17.7 Å². The first kappa shape index (κ1) is 13.0. The molecule has 0 unspecified atom stereocenters. The van der Waals surface area contributed by atoms with Gasteiger partial charge in [-0.25, -0.2) is 0 Å². The van der Waals surface area contributed by atoms with Crippen LogP contribution in [0.25, 0.3) is 17.4 Å². The molecule has 0 saturated heterocycles. The van der Waals surface area contributed by atoms with Crippen molar-refractivity contribution in [3.63, 3.8) is 0 Å². The molecule has 0 atom stereocenters. The normalized spacial score (nSPS) is 9.47. The Morgan fingerprint density at radius 1 is 1.21 bits per heavy atom. The van der Waals surface area contributed by atoms with Gasteiger partial charge in [0.25, 0.3) is 0 Å². The predicted octanol–water partition coefficient (Wildman–Crippen LogP) is 4.34. The van der Waals surface area contributed by atoms with Crippen LogP contribution in [0.3, 0.4) is 0 Å². The molecule has 2 aromatic rings. The molecule has 1 aromatic heterocycles. The first-order valence-electron chi connectivity index (χ1n) is 5.53. The topological polar surface area (TPSA) is 60.7 Å². The van der Waals surface area contributed by atoms with E-state index in [0.717, 1.165) is 11.1 Å². The van der Waals surface area contributed by atoms with E-state index in [1.165, 1.54) is 6.08 Å². The van der Waals surface area contributed by atoms with Gasteiger partial charge in [-0.2, -0.15) is 10.5 Å². The molecule has 0 N–H and O–H groups in total. The Kier molecular flexibility index (Phi) is 3.71. The standard InChI is InChI=1S/C15H9ClN2O/c1-10-13(3-2-4-14(10)16)15-6-5-12(19-15)7-11(8-17)9-18/h2-7H,1H3. The van der Waals surface area contributed by atoms with Crippen LogP contribution in [0, 0.1) is 29.6 Å². The van der Waals surface area contributed by atoms with Crippen LogP contribution in [0.4, 0.5) is 0 Å². The summed E-state index contributed by atoms with van der Waals surface area (Å²) in [5.74, 6) is 1.12. The first-order valence-corrected chi connectivity index (χ1v) is 5.90. The number of allylic oxidation sites excluding steroid dienone is 1. The number of furan rings is 1. The molecule has 4 heteroatoms. The highest BCUT2D eigenvalue weighted by molar-refractivity contribution is 6.31. The van der Waals surface area contributed by atoms with E-state index in [9.17, 15) is 0 Å². The molecule has 0 fully saturated rings. The summed E-state index contributed by atoms with van der Waals surface area (Å²) in [6.07, 6.45) is 1.41. The molecule has 92 valence electrons. The Morgan fingerprint density at radius 2 is 1.95 bits per heavy atom. The molecule has 19 heavy (non-hydrogen) atoms. The summed E-state index contributed by atoms with van der Waals surface area (Å²) >= 11 is 6.06. The Morgan fingerprint density at radius 3 is 2.63 bits per heavy atom. The predicted molar refractivity (Wildman–Crippen MR) is 73.1 cm³/mol. The number of hydrogen-bond donors (Lipinski definition) is 0. The fraction of sp³-hybridized carbons (Fsp3) is 0.0667. The van der Waals surface area contributed by atoms with Crippen LogP contribution in [-0.2, 0) is 0 Å². The quantitative estimate of drug-likeness (QED) is 0.761. The van der Waals surface area contributed by atoms with Gasteiger partial charge in [0.15, 0.2) is 0 Å². The Balaban J connectivity index is 2.43. The molecule has 0 spiro atoms. The third-order valence-corrected chi connectivity index (χ3v) is 3.10. The molecule has 1 heterocycles. The monoisotopic (exact) mass is 268 g/mol. The summed E-state index contributed by atoms with van der Waals surface area (Å²) in [7, 11) is 0. The Labute approximate surface area is 116 Å². The molecule has 0 bridgehead atoms. The third-order valence-electron chi connectivity index (χ3n) is 2.69. The second-order valence-electron chi connectivity index (χ2n) is 3.90. The number of nitriles is 2. The molecule has 0 radical (unpaired) electrons. The summed E-state index contributed by atoms with van der Waals surface area (Å²) in [4.78, 5) is 0. The molecule has 3 nitrogen and oxygen atoms in total. The summed E-state index contributed by atoms with van der Waals surface area (Å²) in [6, 6.07) is 12.6. The fourth-order valence-corrected chi connectivity index (χ4v) is 1.86. The molecule has 0 saturated carbocycles. The van der Waals surface area contributed by atoms with Gasteiger partial charge in [0.1, 0.15) is 29.2 Å². The molecule has 0 amide bonds. The first-order chi connectivity index (χ1) is 9.15. The zero-order valence-electron chi connectivity index (χ0n) is 10.1. The van der Waals surface area contributed by atoms with Crippen LogP contribution in [-0.4, -0.2) is 0 Å². The lowest BCUT2D eigenvalue weighted by Gasteiger charge is -2.03. The minimum absolute atomic E-state index is 0.00344. The van der Waals surface area contributed by atoms with Crippen LogP contribution in [0.15, 0.2) is 40.3 Å². The molecule has 2 rings (SSSR count). The zero-order chi connectivity index (χ0) is 13.8. The van der Waals surface area contributed by atoms with E-state index in [0.29, 0.717) is 16.5 Å². The number of halogens is 1. The van der Waals surface area contributed by atoms with Gasteiger partial charge < -0.3 is 4.42 Å². The van der Waals surface area contributed by atoms with E-state index in [1.807, 2.05) is 25.1 Å². The van der Waals surface area contributed by atoms with Gasteiger partial charge in [-0.15, -0.1) is 0 Å². The Bertz CT molecular complexity index is 713. The molecular formula is C15H9ClN2O. The van der Waals surface area contributed by atoms with Crippen molar-refractivity contribution < 1.29 is 4.42 Å². The van der Waals surface area contributed by atoms with Crippen molar-refractivity contribution in [2.45, 2.75) is 6.92 Å². The minimum Gasteiger partial charge on any atom is -0.457 e. The lowest BCUT2D eigenvalue weighted by Crippen LogP contribution is -1.81. The summed E-state index contributed by atoms with van der Waals surface area (Å²) in [5, 5.41) is 18.1. The maximum atomic E-state index is 8.69. The highest BCUT2D eigenvalue weighted by Crippen LogP contribution is 2.30. The molecule has 0 aliphatic carbocycles. The third kappa shape index (κ3) is 2.68. The van der Waals surface area contributed by atoms with E-state index in [-0.39, 0.29) is 5.57 Å². The van der Waals surface area contributed by atoms with Gasteiger partial charge in [0.2, 0.25) is 0 Å². The maximum Gasteiger partial charge on any atom is 0.135 e. The number of rotatable bonds is 2. The highest BCUT2D eigenvalue weighted by Gasteiger charge is 2.09. The lowest BCUT2D eigenvalue weighted by atomic mass is 10.1.